The van der Waals surface area contributed by atoms with Gasteiger partial charge in [-0.25, -0.2) is 0 Å². The van der Waals surface area contributed by atoms with E-state index in [2.05, 4.69) is 18.2 Å². The van der Waals surface area contributed by atoms with Crippen LogP contribution < -0.4 is 0 Å². The lowest BCUT2D eigenvalue weighted by molar-refractivity contribution is 0.431. The summed E-state index contributed by atoms with van der Waals surface area (Å²) >= 11 is 3.30. The van der Waals surface area contributed by atoms with E-state index in [0.717, 1.165) is 10.9 Å². The first kappa shape index (κ1) is 12.7. The van der Waals surface area contributed by atoms with Gasteiger partial charge in [-0.3, -0.25) is 0 Å². The fourth-order valence-electron chi connectivity index (χ4n) is 0.853. The lowest BCUT2D eigenvalue weighted by atomic mass is 10.4. The Kier molecular flexibility index (Phi) is 6.92. The molecule has 0 aliphatic rings. The first-order chi connectivity index (χ1) is 6.17. The SMILES string of the molecule is CSCC(C)N(C)C(=NC#N)SC. The third-order valence-corrected chi connectivity index (χ3v) is 3.26. The highest BCUT2D eigenvalue weighted by Crippen LogP contribution is 2.10. The zero-order valence-corrected chi connectivity index (χ0v) is 10.1. The summed E-state index contributed by atoms with van der Waals surface area (Å²) in [5.41, 5.74) is 0. The summed E-state index contributed by atoms with van der Waals surface area (Å²) in [7, 11) is 1.97. The van der Waals surface area contributed by atoms with E-state index in [4.69, 9.17) is 5.26 Å². The Bertz CT molecular complexity index is 210. The van der Waals surface area contributed by atoms with Gasteiger partial charge in [-0.15, -0.1) is 4.99 Å². The molecule has 0 aromatic carbocycles. The van der Waals surface area contributed by atoms with Crippen molar-refractivity contribution >= 4 is 28.7 Å². The van der Waals surface area contributed by atoms with Crippen molar-refractivity contribution in [1.29, 1.82) is 5.26 Å². The van der Waals surface area contributed by atoms with Crippen molar-refractivity contribution in [3.63, 3.8) is 0 Å². The molecule has 13 heavy (non-hydrogen) atoms. The first-order valence-electron chi connectivity index (χ1n) is 3.89. The lowest BCUT2D eigenvalue weighted by Crippen LogP contribution is -2.34. The minimum Gasteiger partial charge on any atom is -0.350 e. The summed E-state index contributed by atoms with van der Waals surface area (Å²) in [5, 5.41) is 9.23. The number of rotatable bonds is 3. The van der Waals surface area contributed by atoms with Crippen LogP contribution in [0.25, 0.3) is 0 Å². The lowest BCUT2D eigenvalue weighted by Gasteiger charge is -2.25. The van der Waals surface area contributed by atoms with E-state index in [1.807, 2.05) is 24.4 Å². The predicted octanol–water partition coefficient (Wildman–Crippen LogP) is 1.87. The Morgan fingerprint density at radius 3 is 2.62 bits per heavy atom. The molecule has 0 aromatic heterocycles. The molecule has 0 saturated carbocycles. The van der Waals surface area contributed by atoms with Crippen molar-refractivity contribution in [1.82, 2.24) is 4.90 Å². The molecule has 0 rings (SSSR count). The molecule has 0 N–H and O–H groups in total. The molecule has 0 amide bonds. The van der Waals surface area contributed by atoms with Crippen molar-refractivity contribution in [2.75, 3.05) is 25.3 Å². The van der Waals surface area contributed by atoms with Crippen LogP contribution in [-0.2, 0) is 0 Å². The van der Waals surface area contributed by atoms with Crippen molar-refractivity contribution in [3.8, 4) is 6.19 Å². The van der Waals surface area contributed by atoms with Gasteiger partial charge in [0.2, 0.25) is 6.19 Å². The van der Waals surface area contributed by atoms with E-state index < -0.39 is 0 Å². The number of amidine groups is 1. The topological polar surface area (TPSA) is 39.4 Å². The summed E-state index contributed by atoms with van der Waals surface area (Å²) in [4.78, 5) is 5.78. The maximum absolute atomic E-state index is 8.45. The highest BCUT2D eigenvalue weighted by Gasteiger charge is 2.12. The molecular weight excluding hydrogens is 202 g/mol. The zero-order chi connectivity index (χ0) is 10.3. The fourth-order valence-corrected chi connectivity index (χ4v) is 2.16. The number of hydrogen-bond acceptors (Lipinski definition) is 4. The third-order valence-electron chi connectivity index (χ3n) is 1.70. The number of nitriles is 1. The van der Waals surface area contributed by atoms with Crippen molar-refractivity contribution < 1.29 is 0 Å². The van der Waals surface area contributed by atoms with E-state index >= 15 is 0 Å². The van der Waals surface area contributed by atoms with Gasteiger partial charge in [-0.1, -0.05) is 11.8 Å². The second-order valence-electron chi connectivity index (χ2n) is 2.61. The molecule has 0 aliphatic heterocycles. The number of hydrogen-bond donors (Lipinski definition) is 0. The molecule has 0 aliphatic carbocycles. The Morgan fingerprint density at radius 1 is 1.62 bits per heavy atom. The van der Waals surface area contributed by atoms with Gasteiger partial charge in [0.05, 0.1) is 0 Å². The van der Waals surface area contributed by atoms with Crippen LogP contribution in [0.3, 0.4) is 0 Å². The minimum absolute atomic E-state index is 0.412. The number of thioether (sulfide) groups is 2. The van der Waals surface area contributed by atoms with Crippen molar-refractivity contribution in [2.24, 2.45) is 4.99 Å². The summed E-state index contributed by atoms with van der Waals surface area (Å²) < 4.78 is 0. The Morgan fingerprint density at radius 2 is 2.23 bits per heavy atom. The van der Waals surface area contributed by atoms with Gasteiger partial charge in [-0.2, -0.15) is 17.0 Å². The molecule has 5 heteroatoms. The average Bonchev–Trinajstić information content (AvgIpc) is 2.13. The van der Waals surface area contributed by atoms with Crippen LogP contribution in [0.15, 0.2) is 4.99 Å². The van der Waals surface area contributed by atoms with E-state index in [9.17, 15) is 0 Å². The molecule has 3 nitrogen and oxygen atoms in total. The highest BCUT2D eigenvalue weighted by molar-refractivity contribution is 8.13. The molecule has 0 heterocycles. The third kappa shape index (κ3) is 4.44. The average molecular weight is 217 g/mol. The van der Waals surface area contributed by atoms with E-state index in [-0.39, 0.29) is 0 Å². The summed E-state index contributed by atoms with van der Waals surface area (Å²) in [6.45, 7) is 2.12. The largest absolute Gasteiger partial charge is 0.350 e. The number of aliphatic imine (C=N–C) groups is 1. The van der Waals surface area contributed by atoms with E-state index in [1.165, 1.54) is 11.8 Å². The molecule has 0 saturated heterocycles. The second-order valence-corrected chi connectivity index (χ2v) is 4.30. The molecule has 74 valence electrons. The second kappa shape index (κ2) is 7.10. The highest BCUT2D eigenvalue weighted by atomic mass is 32.2. The summed E-state index contributed by atoms with van der Waals surface area (Å²) in [6, 6.07) is 0.412. The van der Waals surface area contributed by atoms with E-state index in [1.54, 1.807) is 11.8 Å². The smallest absolute Gasteiger partial charge is 0.208 e. The van der Waals surface area contributed by atoms with Gasteiger partial charge in [0, 0.05) is 18.8 Å². The van der Waals surface area contributed by atoms with Gasteiger partial charge < -0.3 is 4.90 Å². The first-order valence-corrected chi connectivity index (χ1v) is 6.51. The van der Waals surface area contributed by atoms with Crippen LogP contribution in [0.1, 0.15) is 6.92 Å². The Balaban J connectivity index is 4.29. The van der Waals surface area contributed by atoms with E-state index in [0.29, 0.717) is 6.04 Å². The molecule has 0 fully saturated rings. The molecule has 1 atom stereocenters. The minimum atomic E-state index is 0.412. The van der Waals surface area contributed by atoms with Crippen LogP contribution in [0.2, 0.25) is 0 Å². The van der Waals surface area contributed by atoms with Gasteiger partial charge >= 0.3 is 0 Å². The van der Waals surface area contributed by atoms with Gasteiger partial charge in [0.15, 0.2) is 5.17 Å². The van der Waals surface area contributed by atoms with Crippen LogP contribution in [0.4, 0.5) is 0 Å². The molecule has 0 aromatic rings. The molecular formula is C8H15N3S2. The predicted molar refractivity (Wildman–Crippen MR) is 62.2 cm³/mol. The molecule has 0 spiro atoms. The van der Waals surface area contributed by atoms with Crippen molar-refractivity contribution in [2.45, 2.75) is 13.0 Å². The molecule has 0 bridgehead atoms. The Labute approximate surface area is 88.6 Å². The van der Waals surface area contributed by atoms with Crippen LogP contribution in [0, 0.1) is 11.5 Å². The standard InChI is InChI=1S/C8H15N3S2/c1-7(5-12-3)11(2)8(13-4)10-6-9/h7H,5H2,1-4H3. The summed E-state index contributed by atoms with van der Waals surface area (Å²) in [6.07, 6.45) is 5.82. The zero-order valence-electron chi connectivity index (χ0n) is 8.44. The van der Waals surface area contributed by atoms with Gasteiger partial charge in [-0.05, 0) is 19.4 Å². The van der Waals surface area contributed by atoms with Crippen LogP contribution in [0.5, 0.6) is 0 Å². The van der Waals surface area contributed by atoms with Crippen LogP contribution >= 0.6 is 23.5 Å². The quantitative estimate of drug-likeness (QED) is 0.411. The molecule has 0 radical (unpaired) electrons. The monoisotopic (exact) mass is 217 g/mol. The van der Waals surface area contributed by atoms with Gasteiger partial charge in [0.1, 0.15) is 0 Å². The maximum atomic E-state index is 8.45. The van der Waals surface area contributed by atoms with Gasteiger partial charge in [0.25, 0.3) is 0 Å². The molecule has 1 unspecified atom stereocenters. The fraction of sp³-hybridized carbons (Fsp3) is 0.750. The summed E-state index contributed by atoms with van der Waals surface area (Å²) in [5.74, 6) is 1.04. The van der Waals surface area contributed by atoms with Crippen molar-refractivity contribution in [3.05, 3.63) is 0 Å². The normalized spacial score (nSPS) is 13.6. The maximum Gasteiger partial charge on any atom is 0.208 e. The number of nitrogens with zero attached hydrogens (tertiary/aromatic N) is 3. The Hall–Kier alpha value is -0.340. The van der Waals surface area contributed by atoms with Crippen LogP contribution in [-0.4, -0.2) is 41.4 Å².